The molecule has 0 saturated heterocycles. The average Bonchev–Trinajstić information content (AvgIpc) is 3.47. The number of likely N-dealkylation sites (N-methyl/N-ethyl adjacent to an activating group) is 1. The predicted octanol–water partition coefficient (Wildman–Crippen LogP) is 3.89. The Morgan fingerprint density at radius 3 is 2.32 bits per heavy atom. The summed E-state index contributed by atoms with van der Waals surface area (Å²) >= 11 is 0. The lowest BCUT2D eigenvalue weighted by atomic mass is 9.96. The van der Waals surface area contributed by atoms with Gasteiger partial charge in [-0.05, 0) is 36.7 Å². The number of carbonyl (C=O) groups excluding carboxylic acids is 2. The van der Waals surface area contributed by atoms with E-state index in [0.717, 1.165) is 33.6 Å². The van der Waals surface area contributed by atoms with E-state index in [4.69, 9.17) is 4.63 Å². The number of methoxy groups -OCH3 is 1. The summed E-state index contributed by atoms with van der Waals surface area (Å²) in [4.78, 5) is 28.7. The Morgan fingerprint density at radius 2 is 1.80 bits per heavy atom. The molecule has 18 heteroatoms. The van der Waals surface area contributed by atoms with Crippen LogP contribution in [0.1, 0.15) is 67.0 Å². The Kier molecular flexibility index (Phi) is 12.6. The molecule has 2 amide bonds. The first-order chi connectivity index (χ1) is 20.4. The highest BCUT2D eigenvalue weighted by atomic mass is 19.4. The van der Waals surface area contributed by atoms with Gasteiger partial charge in [-0.2, -0.15) is 31.4 Å². The van der Waals surface area contributed by atoms with Crippen LogP contribution in [0.15, 0.2) is 23.1 Å². The van der Waals surface area contributed by atoms with Gasteiger partial charge in [-0.25, -0.2) is 14.1 Å². The smallest absolute Gasteiger partial charge is 0.388 e. The third-order valence-corrected chi connectivity index (χ3v) is 6.01. The van der Waals surface area contributed by atoms with Crippen molar-refractivity contribution in [3.8, 4) is 0 Å². The third-order valence-electron chi connectivity index (χ3n) is 6.01. The van der Waals surface area contributed by atoms with Crippen LogP contribution < -0.4 is 10.6 Å². The first kappa shape index (κ1) is 36.4. The number of carbonyl (C=O) groups is 2. The zero-order valence-electron chi connectivity index (χ0n) is 25.1. The van der Waals surface area contributed by atoms with Crippen LogP contribution in [-0.2, 0) is 22.6 Å². The summed E-state index contributed by atoms with van der Waals surface area (Å²) in [6.45, 7) is 3.31. The highest BCUT2D eigenvalue weighted by molar-refractivity contribution is 5.93. The molecule has 12 nitrogen and oxygen atoms in total. The number of imidazole rings is 1. The van der Waals surface area contributed by atoms with Crippen LogP contribution in [0, 0.1) is 5.41 Å². The predicted molar refractivity (Wildman–Crippen MR) is 144 cm³/mol. The Morgan fingerprint density at radius 1 is 1.18 bits per heavy atom. The van der Waals surface area contributed by atoms with Crippen molar-refractivity contribution in [3.05, 3.63) is 41.1 Å². The lowest BCUT2D eigenvalue weighted by molar-refractivity contribution is -0.204. The SMILES string of the molecule is CC(C)(C)C(F)(F)F.CN(Cc1cnn2cc(CNC(=O)c3nonc3C3CC3)nc2c1)CC(NC=O)C(F)(F)F.COC. The minimum atomic E-state index is -4.55. The van der Waals surface area contributed by atoms with E-state index in [0.29, 0.717) is 22.6 Å². The topological polar surface area (TPSA) is 140 Å². The number of nitrogens with zero attached hydrogens (tertiary/aromatic N) is 6. The first-order valence-corrected chi connectivity index (χ1v) is 13.3. The van der Waals surface area contributed by atoms with Crippen molar-refractivity contribution in [2.75, 3.05) is 27.8 Å². The fourth-order valence-electron chi connectivity index (χ4n) is 3.39. The van der Waals surface area contributed by atoms with Gasteiger partial charge in [-0.1, -0.05) is 25.9 Å². The van der Waals surface area contributed by atoms with E-state index in [1.807, 2.05) is 0 Å². The zero-order chi connectivity index (χ0) is 33.3. The van der Waals surface area contributed by atoms with Crippen molar-refractivity contribution < 1.29 is 45.3 Å². The van der Waals surface area contributed by atoms with E-state index in [-0.39, 0.29) is 31.1 Å². The lowest BCUT2D eigenvalue weighted by Gasteiger charge is -2.25. The maximum absolute atomic E-state index is 13.0. The van der Waals surface area contributed by atoms with Crippen LogP contribution in [0.2, 0.25) is 0 Å². The number of amides is 2. The van der Waals surface area contributed by atoms with Crippen molar-refractivity contribution >= 4 is 18.0 Å². The van der Waals surface area contributed by atoms with Gasteiger partial charge >= 0.3 is 12.4 Å². The van der Waals surface area contributed by atoms with Gasteiger partial charge in [0, 0.05) is 33.2 Å². The van der Waals surface area contributed by atoms with Crippen molar-refractivity contribution in [2.45, 2.75) is 71.0 Å². The number of rotatable bonds is 10. The fourth-order valence-corrected chi connectivity index (χ4v) is 3.39. The second kappa shape index (κ2) is 15.3. The molecule has 1 aliphatic carbocycles. The number of fused-ring (bicyclic) bond motifs is 1. The minimum absolute atomic E-state index is 0.0380. The summed E-state index contributed by atoms with van der Waals surface area (Å²) in [7, 11) is 4.76. The molecular formula is C26H36F6N8O4. The van der Waals surface area contributed by atoms with Gasteiger partial charge in [0.15, 0.2) is 11.3 Å². The molecule has 4 rings (SSSR count). The molecule has 0 spiro atoms. The molecule has 0 radical (unpaired) electrons. The van der Waals surface area contributed by atoms with E-state index >= 15 is 0 Å². The summed E-state index contributed by atoms with van der Waals surface area (Å²) in [5.74, 6) is -0.192. The molecule has 246 valence electrons. The third kappa shape index (κ3) is 11.0. The molecule has 2 N–H and O–H groups in total. The van der Waals surface area contributed by atoms with E-state index < -0.39 is 36.3 Å². The summed E-state index contributed by atoms with van der Waals surface area (Å²) < 4.78 is 84.1. The maximum Gasteiger partial charge on any atom is 0.409 e. The van der Waals surface area contributed by atoms with E-state index in [1.165, 1.54) is 22.7 Å². The number of nitrogens with one attached hydrogen (secondary N) is 2. The van der Waals surface area contributed by atoms with Crippen molar-refractivity contribution in [3.63, 3.8) is 0 Å². The molecule has 0 aliphatic heterocycles. The number of hydrogen-bond acceptors (Lipinski definition) is 9. The molecule has 3 heterocycles. The molecule has 1 saturated carbocycles. The highest BCUT2D eigenvalue weighted by Gasteiger charge is 2.43. The standard InChI is InChI=1S/C19H21F3N8O3.C5H9F3.C2H6O/c1-29(9-14(24-10-31)19(20,21)22)7-11-4-15-26-13(8-30(15)25-5-11)6-23-18(32)17-16(12-2-3-12)27-33-28-17;1-4(2,3)5(6,7)8;1-3-2/h4-5,8,10,12,14H,2-3,6-7,9H2,1H3,(H,23,32)(H,24,31);1-3H3;1-2H3. The number of ether oxygens (including phenoxy) is 1. The largest absolute Gasteiger partial charge is 0.409 e. The Hall–Kier alpha value is -3.80. The number of hydrogen-bond donors (Lipinski definition) is 2. The first-order valence-electron chi connectivity index (χ1n) is 13.3. The van der Waals surface area contributed by atoms with Crippen LogP contribution in [0.5, 0.6) is 0 Å². The Labute approximate surface area is 249 Å². The van der Waals surface area contributed by atoms with E-state index in [2.05, 4.69) is 30.4 Å². The second-order valence-electron chi connectivity index (χ2n) is 11.1. The maximum atomic E-state index is 13.0. The Balaban J connectivity index is 0.000000527. The quantitative estimate of drug-likeness (QED) is 0.250. The normalized spacial score (nSPS) is 14.3. The van der Waals surface area contributed by atoms with Gasteiger partial charge in [-0.3, -0.25) is 14.5 Å². The van der Waals surface area contributed by atoms with Gasteiger partial charge in [-0.15, -0.1) is 0 Å². The monoisotopic (exact) mass is 638 g/mol. The van der Waals surface area contributed by atoms with Crippen LogP contribution in [0.25, 0.3) is 5.65 Å². The van der Waals surface area contributed by atoms with E-state index in [1.54, 1.807) is 31.8 Å². The average molecular weight is 639 g/mol. The molecule has 0 aromatic carbocycles. The molecule has 1 fully saturated rings. The highest BCUT2D eigenvalue weighted by Crippen LogP contribution is 2.40. The molecule has 1 atom stereocenters. The van der Waals surface area contributed by atoms with Crippen molar-refractivity contribution in [2.24, 2.45) is 5.41 Å². The summed E-state index contributed by atoms with van der Waals surface area (Å²) in [5, 5.41) is 16.2. The van der Waals surface area contributed by atoms with Gasteiger partial charge in [0.1, 0.15) is 11.7 Å². The molecule has 0 bridgehead atoms. The molecular weight excluding hydrogens is 602 g/mol. The number of aromatic nitrogens is 5. The van der Waals surface area contributed by atoms with Gasteiger partial charge in [0.05, 0.1) is 30.0 Å². The molecule has 3 aromatic rings. The molecule has 1 unspecified atom stereocenters. The minimum Gasteiger partial charge on any atom is -0.388 e. The number of alkyl halides is 6. The summed E-state index contributed by atoms with van der Waals surface area (Å²) in [6, 6.07) is -0.282. The lowest BCUT2D eigenvalue weighted by Crippen LogP contribution is -2.48. The van der Waals surface area contributed by atoms with Crippen LogP contribution in [-0.4, -0.2) is 88.3 Å². The second-order valence-corrected chi connectivity index (χ2v) is 11.1. The van der Waals surface area contributed by atoms with Gasteiger partial charge < -0.3 is 15.4 Å². The number of halogens is 6. The fraction of sp³-hybridized carbons (Fsp3) is 0.615. The summed E-state index contributed by atoms with van der Waals surface area (Å²) in [6.07, 6.45) is -3.51. The van der Waals surface area contributed by atoms with Crippen LogP contribution >= 0.6 is 0 Å². The zero-order valence-corrected chi connectivity index (χ0v) is 25.1. The summed E-state index contributed by atoms with van der Waals surface area (Å²) in [5.41, 5.74) is 0.830. The molecule has 3 aromatic heterocycles. The van der Waals surface area contributed by atoms with Crippen molar-refractivity contribution in [1.82, 2.24) is 40.4 Å². The van der Waals surface area contributed by atoms with Crippen LogP contribution in [0.3, 0.4) is 0 Å². The van der Waals surface area contributed by atoms with Crippen molar-refractivity contribution in [1.29, 1.82) is 0 Å². The molecule has 44 heavy (non-hydrogen) atoms. The van der Waals surface area contributed by atoms with Gasteiger partial charge in [0.25, 0.3) is 5.91 Å². The van der Waals surface area contributed by atoms with Gasteiger partial charge in [0.2, 0.25) is 6.41 Å². The Bertz CT molecular complexity index is 1340. The van der Waals surface area contributed by atoms with E-state index in [9.17, 15) is 35.9 Å². The van der Waals surface area contributed by atoms with Crippen LogP contribution in [0.4, 0.5) is 26.3 Å². The molecule has 1 aliphatic rings.